The fraction of sp³-hybridized carbons (Fsp3) is 0.833. The molecule has 1 rings (SSSR count). The van der Waals surface area contributed by atoms with Crippen molar-refractivity contribution in [3.8, 4) is 0 Å². The van der Waals surface area contributed by atoms with Crippen LogP contribution in [0.4, 0.5) is 0 Å². The van der Waals surface area contributed by atoms with Crippen LogP contribution in [0.25, 0.3) is 0 Å². The maximum Gasteiger partial charge on any atom is 0.249 e. The second-order valence-electron chi connectivity index (χ2n) is 5.76. The lowest BCUT2D eigenvalue weighted by atomic mass is 9.99. The first-order chi connectivity index (χ1) is 7.64. The number of rotatable bonds is 2. The summed E-state index contributed by atoms with van der Waals surface area (Å²) in [7, 11) is 0. The molecule has 98 valence electrons. The van der Waals surface area contributed by atoms with Crippen LogP contribution in [0.1, 0.15) is 34.6 Å². The Kier molecular flexibility index (Phi) is 3.81. The topological polar surface area (TPSA) is 58.6 Å². The number of carbonyl (C=O) groups is 2. The second kappa shape index (κ2) is 4.64. The summed E-state index contributed by atoms with van der Waals surface area (Å²) in [6.45, 7) is 10.2. The second-order valence-corrected chi connectivity index (χ2v) is 5.76. The molecule has 0 aromatic rings. The normalized spacial score (nSPS) is 20.1. The lowest BCUT2D eigenvalue weighted by Gasteiger charge is -2.41. The van der Waals surface area contributed by atoms with Crippen molar-refractivity contribution in [1.29, 1.82) is 0 Å². The number of piperazine rings is 1. The Morgan fingerprint density at radius 3 is 2.59 bits per heavy atom. The summed E-state index contributed by atoms with van der Waals surface area (Å²) in [5, 5.41) is 2.76. The van der Waals surface area contributed by atoms with Crippen molar-refractivity contribution < 1.29 is 14.3 Å². The molecular formula is C12H22N2O3. The van der Waals surface area contributed by atoms with Gasteiger partial charge in [0.15, 0.2) is 0 Å². The molecule has 0 aromatic heterocycles. The van der Waals surface area contributed by atoms with Gasteiger partial charge in [-0.05, 0) is 34.6 Å². The fourth-order valence-electron chi connectivity index (χ4n) is 1.69. The molecule has 1 N–H and O–H groups in total. The lowest BCUT2D eigenvalue weighted by molar-refractivity contribution is -0.155. The van der Waals surface area contributed by atoms with Gasteiger partial charge in [-0.3, -0.25) is 9.59 Å². The molecule has 0 atom stereocenters. The first-order valence-corrected chi connectivity index (χ1v) is 5.87. The van der Waals surface area contributed by atoms with E-state index >= 15 is 0 Å². The zero-order chi connectivity index (χ0) is 13.3. The predicted octanol–water partition coefficient (Wildman–Crippen LogP) is 0.539. The van der Waals surface area contributed by atoms with Crippen molar-refractivity contribution in [1.82, 2.24) is 10.2 Å². The van der Waals surface area contributed by atoms with E-state index in [1.54, 1.807) is 18.7 Å². The first kappa shape index (κ1) is 14.0. The van der Waals surface area contributed by atoms with Gasteiger partial charge in [0.1, 0.15) is 12.1 Å². The number of hydrogen-bond acceptors (Lipinski definition) is 3. The third-order valence-corrected chi connectivity index (χ3v) is 2.78. The van der Waals surface area contributed by atoms with Gasteiger partial charge in [-0.2, -0.15) is 0 Å². The highest BCUT2D eigenvalue weighted by atomic mass is 16.5. The van der Waals surface area contributed by atoms with Crippen molar-refractivity contribution in [2.24, 2.45) is 0 Å². The molecule has 17 heavy (non-hydrogen) atoms. The van der Waals surface area contributed by atoms with E-state index in [9.17, 15) is 9.59 Å². The average Bonchev–Trinajstić information content (AvgIpc) is 2.17. The third kappa shape index (κ3) is 3.43. The first-order valence-electron chi connectivity index (χ1n) is 5.87. The van der Waals surface area contributed by atoms with Crippen LogP contribution in [-0.2, 0) is 14.3 Å². The minimum atomic E-state index is -0.795. The van der Waals surface area contributed by atoms with E-state index in [4.69, 9.17) is 4.74 Å². The van der Waals surface area contributed by atoms with E-state index < -0.39 is 5.54 Å². The summed E-state index contributed by atoms with van der Waals surface area (Å²) < 4.78 is 5.45. The molecule has 0 bridgehead atoms. The molecule has 0 aromatic carbocycles. The summed E-state index contributed by atoms with van der Waals surface area (Å²) in [4.78, 5) is 25.3. The number of nitrogens with one attached hydrogen (secondary N) is 1. The Bertz CT molecular complexity index is 318. The zero-order valence-electron chi connectivity index (χ0n) is 11.3. The number of amides is 2. The Balaban J connectivity index is 2.65. The fourth-order valence-corrected chi connectivity index (χ4v) is 1.69. The third-order valence-electron chi connectivity index (χ3n) is 2.78. The summed E-state index contributed by atoms with van der Waals surface area (Å²) in [6.07, 6.45) is 0. The summed E-state index contributed by atoms with van der Waals surface area (Å²) in [6, 6.07) is 0. The molecule has 0 aliphatic carbocycles. The Morgan fingerprint density at radius 2 is 2.06 bits per heavy atom. The highest BCUT2D eigenvalue weighted by molar-refractivity contribution is 5.92. The highest BCUT2D eigenvalue weighted by Gasteiger charge is 2.40. The van der Waals surface area contributed by atoms with Crippen molar-refractivity contribution >= 4 is 11.8 Å². The SMILES string of the molecule is CC(C)(C)OCC(=O)N1CCNC(=O)C1(C)C. The van der Waals surface area contributed by atoms with Crippen LogP contribution in [0.2, 0.25) is 0 Å². The van der Waals surface area contributed by atoms with Crippen molar-refractivity contribution in [2.45, 2.75) is 45.8 Å². The highest BCUT2D eigenvalue weighted by Crippen LogP contribution is 2.18. The van der Waals surface area contributed by atoms with Crippen molar-refractivity contribution in [2.75, 3.05) is 19.7 Å². The van der Waals surface area contributed by atoms with E-state index in [1.165, 1.54) is 0 Å². The quantitative estimate of drug-likeness (QED) is 0.769. The van der Waals surface area contributed by atoms with Crippen LogP contribution in [0.3, 0.4) is 0 Å². The minimum absolute atomic E-state index is 0.0141. The maximum absolute atomic E-state index is 12.0. The zero-order valence-corrected chi connectivity index (χ0v) is 11.3. The number of ether oxygens (including phenoxy) is 1. The standard InChI is InChI=1S/C12H22N2O3/c1-11(2,3)17-8-9(15)14-7-6-13-10(16)12(14,4)5/h6-8H2,1-5H3,(H,13,16). The van der Waals surface area contributed by atoms with E-state index in [0.29, 0.717) is 13.1 Å². The molecule has 1 aliphatic rings. The number of hydrogen-bond donors (Lipinski definition) is 1. The van der Waals surface area contributed by atoms with Crippen LogP contribution in [0.15, 0.2) is 0 Å². The van der Waals surface area contributed by atoms with E-state index in [2.05, 4.69) is 5.32 Å². The largest absolute Gasteiger partial charge is 0.366 e. The molecule has 5 nitrogen and oxygen atoms in total. The molecule has 0 saturated carbocycles. The van der Waals surface area contributed by atoms with Gasteiger partial charge in [0, 0.05) is 13.1 Å². The minimum Gasteiger partial charge on any atom is -0.366 e. The van der Waals surface area contributed by atoms with Gasteiger partial charge < -0.3 is 15.0 Å². The molecule has 1 aliphatic heterocycles. The van der Waals surface area contributed by atoms with Gasteiger partial charge in [0.25, 0.3) is 0 Å². The molecular weight excluding hydrogens is 220 g/mol. The van der Waals surface area contributed by atoms with E-state index in [0.717, 1.165) is 0 Å². The van der Waals surface area contributed by atoms with Gasteiger partial charge in [-0.1, -0.05) is 0 Å². The molecule has 0 unspecified atom stereocenters. The van der Waals surface area contributed by atoms with Gasteiger partial charge >= 0.3 is 0 Å². The molecule has 2 amide bonds. The molecule has 1 fully saturated rings. The predicted molar refractivity (Wildman–Crippen MR) is 64.5 cm³/mol. The Labute approximate surface area is 102 Å². The van der Waals surface area contributed by atoms with Crippen LogP contribution in [0.5, 0.6) is 0 Å². The molecule has 0 spiro atoms. The van der Waals surface area contributed by atoms with Gasteiger partial charge in [-0.15, -0.1) is 0 Å². The van der Waals surface area contributed by atoms with Crippen LogP contribution in [-0.4, -0.2) is 47.6 Å². The maximum atomic E-state index is 12.0. The van der Waals surface area contributed by atoms with Crippen LogP contribution >= 0.6 is 0 Å². The summed E-state index contributed by atoms with van der Waals surface area (Å²) >= 11 is 0. The smallest absolute Gasteiger partial charge is 0.249 e. The Morgan fingerprint density at radius 1 is 1.47 bits per heavy atom. The monoisotopic (exact) mass is 242 g/mol. The summed E-state index contributed by atoms with van der Waals surface area (Å²) in [5.74, 6) is -0.257. The van der Waals surface area contributed by atoms with Gasteiger partial charge in [0.05, 0.1) is 5.60 Å². The molecule has 5 heteroatoms. The Hall–Kier alpha value is -1.10. The van der Waals surface area contributed by atoms with Gasteiger partial charge in [-0.25, -0.2) is 0 Å². The average molecular weight is 242 g/mol. The van der Waals surface area contributed by atoms with Crippen molar-refractivity contribution in [3.63, 3.8) is 0 Å². The number of nitrogens with zero attached hydrogens (tertiary/aromatic N) is 1. The van der Waals surface area contributed by atoms with E-state index in [1.807, 2.05) is 20.8 Å². The van der Waals surface area contributed by atoms with Gasteiger partial charge in [0.2, 0.25) is 11.8 Å². The molecule has 0 radical (unpaired) electrons. The lowest BCUT2D eigenvalue weighted by Crippen LogP contribution is -2.64. The van der Waals surface area contributed by atoms with Crippen LogP contribution < -0.4 is 5.32 Å². The van der Waals surface area contributed by atoms with E-state index in [-0.39, 0.29) is 24.0 Å². The van der Waals surface area contributed by atoms with Crippen LogP contribution in [0, 0.1) is 0 Å². The molecule has 1 saturated heterocycles. The molecule has 1 heterocycles. The summed E-state index contributed by atoms with van der Waals surface area (Å²) in [5.41, 5.74) is -1.14. The van der Waals surface area contributed by atoms with Crippen molar-refractivity contribution in [3.05, 3.63) is 0 Å². The number of carbonyl (C=O) groups excluding carboxylic acids is 2.